The molecule has 0 radical (unpaired) electrons. The van der Waals surface area contributed by atoms with Crippen molar-refractivity contribution in [1.82, 2.24) is 15.2 Å². The first-order valence-electron chi connectivity index (χ1n) is 8.72. The van der Waals surface area contributed by atoms with Crippen LogP contribution >= 0.6 is 11.3 Å². The monoisotopic (exact) mass is 390 g/mol. The smallest absolute Gasteiger partial charge is 0.492 e. The summed E-state index contributed by atoms with van der Waals surface area (Å²) in [7, 11) is -1.04. The molecule has 2 aromatic carbocycles. The molecule has 7 nitrogen and oxygen atoms in total. The highest BCUT2D eigenvalue weighted by Crippen LogP contribution is 2.37. The molecule has 0 aliphatic carbocycles. The molecule has 0 saturated carbocycles. The Morgan fingerprint density at radius 1 is 1.14 bits per heavy atom. The lowest BCUT2D eigenvalue weighted by Gasteiger charge is -2.15. The topological polar surface area (TPSA) is 103 Å². The number of nitrogens with zero attached hydrogens (tertiary/aromatic N) is 3. The number of rotatable bonds is 2. The number of thiazole rings is 1. The van der Waals surface area contributed by atoms with Crippen LogP contribution in [0.4, 0.5) is 5.69 Å². The highest BCUT2D eigenvalue weighted by atomic mass is 32.1. The number of nitrogen functional groups attached to an aromatic ring is 1. The molecule has 4 aromatic rings. The Kier molecular flexibility index (Phi) is 4.20. The summed E-state index contributed by atoms with van der Waals surface area (Å²) in [6, 6.07) is 9.64. The van der Waals surface area contributed by atoms with E-state index in [1.54, 1.807) is 6.20 Å². The molecule has 0 unspecified atom stereocenters. The van der Waals surface area contributed by atoms with Crippen molar-refractivity contribution in [3.63, 3.8) is 0 Å². The number of anilines is 1. The van der Waals surface area contributed by atoms with Gasteiger partial charge in [0.25, 0.3) is 0 Å². The van der Waals surface area contributed by atoms with Crippen LogP contribution in [0.3, 0.4) is 0 Å². The predicted octanol–water partition coefficient (Wildman–Crippen LogP) is 2.10. The Labute approximate surface area is 164 Å². The molecule has 3 N–H and O–H groups in total. The van der Waals surface area contributed by atoms with Gasteiger partial charge in [0.1, 0.15) is 17.4 Å². The Bertz CT molecular complexity index is 1170. The molecule has 9 heteroatoms. The van der Waals surface area contributed by atoms with Crippen LogP contribution in [0.1, 0.15) is 0 Å². The van der Waals surface area contributed by atoms with Crippen LogP contribution < -0.4 is 15.9 Å². The second-order valence-electron chi connectivity index (χ2n) is 6.38. The van der Waals surface area contributed by atoms with Gasteiger partial charge in [0.05, 0.1) is 24.0 Å². The van der Waals surface area contributed by atoms with Gasteiger partial charge in [-0.3, -0.25) is 0 Å². The van der Waals surface area contributed by atoms with E-state index in [0.717, 1.165) is 27.1 Å². The molecule has 3 heterocycles. The van der Waals surface area contributed by atoms with Crippen molar-refractivity contribution in [2.24, 2.45) is 0 Å². The first kappa shape index (κ1) is 17.1. The van der Waals surface area contributed by atoms with E-state index in [4.69, 9.17) is 15.1 Å². The fourth-order valence-electron chi connectivity index (χ4n) is 3.34. The van der Waals surface area contributed by atoms with Crippen molar-refractivity contribution >= 4 is 40.5 Å². The maximum absolute atomic E-state index is 10.4. The summed E-state index contributed by atoms with van der Waals surface area (Å²) in [6.45, 7) is 0.703. The molecule has 138 valence electrons. The summed E-state index contributed by atoms with van der Waals surface area (Å²) < 4.78 is 11.2. The van der Waals surface area contributed by atoms with Crippen LogP contribution in [0, 0.1) is 0 Å². The molecule has 0 spiro atoms. The van der Waals surface area contributed by atoms with Gasteiger partial charge >= 0.3 is 7.12 Å². The van der Waals surface area contributed by atoms with Crippen molar-refractivity contribution in [2.75, 3.05) is 18.9 Å². The fourth-order valence-corrected chi connectivity index (χ4v) is 4.00. The summed E-state index contributed by atoms with van der Waals surface area (Å²) in [5.41, 5.74) is 10.6. The normalized spacial score (nSPS) is 13.8. The fraction of sp³-hybridized carbons (Fsp3) is 0.105. The van der Waals surface area contributed by atoms with E-state index in [2.05, 4.69) is 15.2 Å². The lowest BCUT2D eigenvalue weighted by atomic mass is 9.76. The van der Waals surface area contributed by atoms with E-state index < -0.39 is 7.12 Å². The van der Waals surface area contributed by atoms with Crippen LogP contribution in [0.2, 0.25) is 0 Å². The van der Waals surface area contributed by atoms with Gasteiger partial charge in [0.15, 0.2) is 0 Å². The van der Waals surface area contributed by atoms with Crippen molar-refractivity contribution < 1.29 is 14.4 Å². The summed E-state index contributed by atoms with van der Waals surface area (Å²) in [6.07, 6.45) is 3.30. The van der Waals surface area contributed by atoms with Crippen LogP contribution in [0.5, 0.6) is 5.75 Å². The molecular weight excluding hydrogens is 375 g/mol. The number of nitrogens with two attached hydrogens (primary N) is 1. The number of hydrogen-bond acceptors (Lipinski definition) is 8. The minimum absolute atomic E-state index is 0.322. The van der Waals surface area contributed by atoms with Crippen LogP contribution in [-0.4, -0.2) is 40.5 Å². The largest absolute Gasteiger partial charge is 0.495 e. The number of hydrogen-bond donors (Lipinski definition) is 2. The van der Waals surface area contributed by atoms with Gasteiger partial charge in [-0.15, -0.1) is 11.3 Å². The second kappa shape index (κ2) is 6.86. The lowest BCUT2D eigenvalue weighted by Crippen LogP contribution is -2.33. The van der Waals surface area contributed by atoms with Crippen molar-refractivity contribution in [3.8, 4) is 27.4 Å². The van der Waals surface area contributed by atoms with Crippen LogP contribution in [0.25, 0.3) is 32.6 Å². The van der Waals surface area contributed by atoms with E-state index in [9.17, 15) is 5.02 Å². The lowest BCUT2D eigenvalue weighted by molar-refractivity contribution is 0.210. The molecule has 1 aliphatic heterocycles. The van der Waals surface area contributed by atoms with E-state index in [1.165, 1.54) is 17.5 Å². The number of benzene rings is 2. The molecule has 0 saturated heterocycles. The number of ether oxygens (including phenoxy) is 1. The molecular formula is C19H15BN4O3S. The van der Waals surface area contributed by atoms with Gasteiger partial charge in [-0.05, 0) is 29.3 Å². The van der Waals surface area contributed by atoms with Gasteiger partial charge in [-0.1, -0.05) is 12.1 Å². The van der Waals surface area contributed by atoms with E-state index in [0.29, 0.717) is 35.6 Å². The van der Waals surface area contributed by atoms with Gasteiger partial charge in [-0.25, -0.2) is 4.98 Å². The average molecular weight is 390 g/mol. The molecule has 0 atom stereocenters. The third kappa shape index (κ3) is 2.89. The van der Waals surface area contributed by atoms with Gasteiger partial charge in [-0.2, -0.15) is 10.2 Å². The quantitative estimate of drug-likeness (QED) is 0.505. The van der Waals surface area contributed by atoms with E-state index >= 15 is 0 Å². The van der Waals surface area contributed by atoms with Crippen molar-refractivity contribution in [1.29, 1.82) is 0 Å². The third-order valence-electron chi connectivity index (χ3n) is 4.68. The highest BCUT2D eigenvalue weighted by Gasteiger charge is 2.27. The number of fused-ring (bicyclic) bond motifs is 2. The molecule has 1 aliphatic rings. The Balaban J connectivity index is 1.76. The SMILES string of the molecule is Nc1cnnc2cc(-c3cc4c(cc3-c3nccs3)OCCOB4O)ccc12. The van der Waals surface area contributed by atoms with Crippen molar-refractivity contribution in [2.45, 2.75) is 0 Å². The molecule has 2 aromatic heterocycles. The van der Waals surface area contributed by atoms with Crippen molar-refractivity contribution in [3.05, 3.63) is 48.1 Å². The predicted molar refractivity (Wildman–Crippen MR) is 110 cm³/mol. The second-order valence-corrected chi connectivity index (χ2v) is 7.27. The molecule has 0 amide bonds. The van der Waals surface area contributed by atoms with Gasteiger partial charge in [0, 0.05) is 28.0 Å². The zero-order valence-corrected chi connectivity index (χ0v) is 15.5. The molecule has 0 bridgehead atoms. The summed E-state index contributed by atoms with van der Waals surface area (Å²) in [5.74, 6) is 0.601. The zero-order valence-electron chi connectivity index (χ0n) is 14.7. The van der Waals surface area contributed by atoms with Gasteiger partial charge < -0.3 is 20.1 Å². The highest BCUT2D eigenvalue weighted by molar-refractivity contribution is 7.13. The molecule has 0 fully saturated rings. The standard InChI is InChI=1S/C19H15BN4O3S/c21-16-10-23-24-17-7-11(1-2-12(16)17)13-8-15-18(26-4-5-27-20(15)25)9-14(13)19-22-3-6-28-19/h1-3,6-10,25H,4-5H2,(H2,21,24). The maximum atomic E-state index is 10.4. The molecule has 28 heavy (non-hydrogen) atoms. The van der Waals surface area contributed by atoms with E-state index in [1.807, 2.05) is 35.7 Å². The van der Waals surface area contributed by atoms with Gasteiger partial charge in [0.2, 0.25) is 0 Å². The van der Waals surface area contributed by atoms with E-state index in [-0.39, 0.29) is 0 Å². The Hall–Kier alpha value is -3.01. The molecule has 5 rings (SSSR count). The third-order valence-corrected chi connectivity index (χ3v) is 5.48. The summed E-state index contributed by atoms with van der Waals surface area (Å²) >= 11 is 1.54. The van der Waals surface area contributed by atoms with Crippen LogP contribution in [0.15, 0.2) is 48.1 Å². The Morgan fingerprint density at radius 2 is 2.07 bits per heavy atom. The zero-order chi connectivity index (χ0) is 19.1. The first-order valence-corrected chi connectivity index (χ1v) is 9.60. The summed E-state index contributed by atoms with van der Waals surface area (Å²) in [5, 5.41) is 22.2. The average Bonchev–Trinajstić information content (AvgIpc) is 3.19. The minimum Gasteiger partial charge on any atom is -0.492 e. The number of aromatic nitrogens is 3. The maximum Gasteiger partial charge on any atom is 0.495 e. The van der Waals surface area contributed by atoms with Crippen LogP contribution in [-0.2, 0) is 4.65 Å². The first-order chi connectivity index (χ1) is 13.7. The minimum atomic E-state index is -1.04. The Morgan fingerprint density at radius 3 is 2.93 bits per heavy atom. The summed E-state index contributed by atoms with van der Waals surface area (Å²) in [4.78, 5) is 4.46.